The van der Waals surface area contributed by atoms with Crippen LogP contribution in [0.1, 0.15) is 49.4 Å². The Hall–Kier alpha value is -1.71. The highest BCUT2D eigenvalue weighted by Gasteiger charge is 2.20. The standard InChI is InChI=1S/C17H22FNO2/c1-13(20)19-11-9-14(10-12-19)3-2-4-17(21)15-5-7-16(18)8-6-15/h5-8,14H,2-4,9-12H2,1H3. The molecule has 3 nitrogen and oxygen atoms in total. The van der Waals surface area contributed by atoms with E-state index in [-0.39, 0.29) is 17.5 Å². The van der Waals surface area contributed by atoms with E-state index in [2.05, 4.69) is 0 Å². The summed E-state index contributed by atoms with van der Waals surface area (Å²) in [5, 5.41) is 0. The second-order valence-corrected chi connectivity index (χ2v) is 5.77. The van der Waals surface area contributed by atoms with Crippen LogP contribution >= 0.6 is 0 Å². The molecule has 0 N–H and O–H groups in total. The molecule has 0 aliphatic carbocycles. The second-order valence-electron chi connectivity index (χ2n) is 5.77. The maximum atomic E-state index is 12.8. The summed E-state index contributed by atoms with van der Waals surface area (Å²) in [7, 11) is 0. The molecule has 0 radical (unpaired) electrons. The molecule has 21 heavy (non-hydrogen) atoms. The molecule has 0 bridgehead atoms. The summed E-state index contributed by atoms with van der Waals surface area (Å²) in [5.41, 5.74) is 0.586. The van der Waals surface area contributed by atoms with Crippen LogP contribution in [-0.2, 0) is 4.79 Å². The smallest absolute Gasteiger partial charge is 0.219 e. The van der Waals surface area contributed by atoms with Gasteiger partial charge in [-0.1, -0.05) is 0 Å². The van der Waals surface area contributed by atoms with E-state index >= 15 is 0 Å². The molecule has 114 valence electrons. The SMILES string of the molecule is CC(=O)N1CCC(CCCC(=O)c2ccc(F)cc2)CC1. The van der Waals surface area contributed by atoms with E-state index in [1.165, 1.54) is 12.1 Å². The van der Waals surface area contributed by atoms with Gasteiger partial charge in [-0.3, -0.25) is 9.59 Å². The molecule has 0 atom stereocenters. The fourth-order valence-electron chi connectivity index (χ4n) is 2.87. The zero-order chi connectivity index (χ0) is 15.2. The molecule has 1 amide bonds. The Labute approximate surface area is 125 Å². The Balaban J connectivity index is 1.69. The van der Waals surface area contributed by atoms with E-state index in [0.29, 0.717) is 17.9 Å². The summed E-state index contributed by atoms with van der Waals surface area (Å²) in [5.74, 6) is 0.529. The predicted molar refractivity (Wildman–Crippen MR) is 79.6 cm³/mol. The summed E-state index contributed by atoms with van der Waals surface area (Å²) in [6, 6.07) is 5.74. The normalized spacial score (nSPS) is 16.0. The van der Waals surface area contributed by atoms with Gasteiger partial charge >= 0.3 is 0 Å². The molecule has 0 spiro atoms. The fraction of sp³-hybridized carbons (Fsp3) is 0.529. The van der Waals surface area contributed by atoms with Gasteiger partial charge in [0.2, 0.25) is 5.91 Å². The van der Waals surface area contributed by atoms with E-state index < -0.39 is 0 Å². The number of carbonyl (C=O) groups is 2. The average Bonchev–Trinajstić information content (AvgIpc) is 2.48. The average molecular weight is 291 g/mol. The van der Waals surface area contributed by atoms with Crippen molar-refractivity contribution in [3.8, 4) is 0 Å². The molecule has 1 aromatic carbocycles. The topological polar surface area (TPSA) is 37.4 Å². The quantitative estimate of drug-likeness (QED) is 0.779. The summed E-state index contributed by atoms with van der Waals surface area (Å²) in [6.45, 7) is 3.29. The van der Waals surface area contributed by atoms with Crippen LogP contribution < -0.4 is 0 Å². The third-order valence-electron chi connectivity index (χ3n) is 4.24. The molecule has 1 fully saturated rings. The van der Waals surface area contributed by atoms with E-state index in [1.807, 2.05) is 4.90 Å². The molecule has 1 heterocycles. The highest BCUT2D eigenvalue weighted by atomic mass is 19.1. The highest BCUT2D eigenvalue weighted by Crippen LogP contribution is 2.23. The minimum atomic E-state index is -0.316. The molecule has 2 rings (SSSR count). The van der Waals surface area contributed by atoms with Crippen LogP contribution in [-0.4, -0.2) is 29.7 Å². The first-order valence-corrected chi connectivity index (χ1v) is 7.60. The summed E-state index contributed by atoms with van der Waals surface area (Å²) < 4.78 is 12.8. The largest absolute Gasteiger partial charge is 0.343 e. The maximum Gasteiger partial charge on any atom is 0.219 e. The number of carbonyl (C=O) groups excluding carboxylic acids is 2. The lowest BCUT2D eigenvalue weighted by molar-refractivity contribution is -0.130. The molecule has 0 saturated carbocycles. The Bertz CT molecular complexity index is 490. The lowest BCUT2D eigenvalue weighted by atomic mass is 9.90. The van der Waals surface area contributed by atoms with Crippen LogP contribution in [0.25, 0.3) is 0 Å². The van der Waals surface area contributed by atoms with Crippen molar-refractivity contribution in [2.45, 2.75) is 39.0 Å². The van der Waals surface area contributed by atoms with Crippen molar-refractivity contribution in [3.63, 3.8) is 0 Å². The minimum absolute atomic E-state index is 0.0798. The molecular formula is C17H22FNO2. The van der Waals surface area contributed by atoms with Crippen molar-refractivity contribution >= 4 is 11.7 Å². The number of benzene rings is 1. The molecule has 0 unspecified atom stereocenters. The van der Waals surface area contributed by atoms with Crippen LogP contribution in [0.4, 0.5) is 4.39 Å². The zero-order valence-corrected chi connectivity index (χ0v) is 12.5. The van der Waals surface area contributed by atoms with Gasteiger partial charge in [0.15, 0.2) is 5.78 Å². The number of amides is 1. The summed E-state index contributed by atoms with van der Waals surface area (Å²) in [6.07, 6.45) is 4.47. The molecule has 0 aromatic heterocycles. The van der Waals surface area contributed by atoms with Gasteiger partial charge in [0, 0.05) is 32.0 Å². The van der Waals surface area contributed by atoms with Crippen LogP contribution in [0, 0.1) is 11.7 Å². The summed E-state index contributed by atoms with van der Waals surface area (Å²) in [4.78, 5) is 25.1. The summed E-state index contributed by atoms with van der Waals surface area (Å²) >= 11 is 0. The third kappa shape index (κ3) is 4.66. The van der Waals surface area contributed by atoms with Crippen molar-refractivity contribution in [1.29, 1.82) is 0 Å². The van der Waals surface area contributed by atoms with Crippen molar-refractivity contribution < 1.29 is 14.0 Å². The van der Waals surface area contributed by atoms with Gasteiger partial charge in [0.05, 0.1) is 0 Å². The highest BCUT2D eigenvalue weighted by molar-refractivity contribution is 5.95. The number of Topliss-reactive ketones (excluding diaryl/α,β-unsaturated/α-hetero) is 1. The monoisotopic (exact) mass is 291 g/mol. The lowest BCUT2D eigenvalue weighted by Crippen LogP contribution is -2.36. The first-order chi connectivity index (χ1) is 10.1. The second kappa shape index (κ2) is 7.34. The molecule has 1 aliphatic rings. The van der Waals surface area contributed by atoms with Crippen molar-refractivity contribution in [3.05, 3.63) is 35.6 Å². The Kier molecular flexibility index (Phi) is 5.48. The number of ketones is 1. The predicted octanol–water partition coefficient (Wildman–Crippen LogP) is 3.44. The van der Waals surface area contributed by atoms with Gasteiger partial charge < -0.3 is 4.90 Å². The van der Waals surface area contributed by atoms with Gasteiger partial charge in [-0.25, -0.2) is 4.39 Å². The first-order valence-electron chi connectivity index (χ1n) is 7.60. The Morgan fingerprint density at radius 1 is 1.19 bits per heavy atom. The van der Waals surface area contributed by atoms with Gasteiger partial charge in [0.1, 0.15) is 5.82 Å². The lowest BCUT2D eigenvalue weighted by Gasteiger charge is -2.31. The number of hydrogen-bond acceptors (Lipinski definition) is 2. The third-order valence-corrected chi connectivity index (χ3v) is 4.24. The molecule has 1 aromatic rings. The van der Waals surface area contributed by atoms with Crippen LogP contribution in [0.2, 0.25) is 0 Å². The Morgan fingerprint density at radius 3 is 2.38 bits per heavy atom. The number of likely N-dealkylation sites (tertiary alicyclic amines) is 1. The van der Waals surface area contributed by atoms with Crippen molar-refractivity contribution in [2.75, 3.05) is 13.1 Å². The first kappa shape index (κ1) is 15.7. The number of rotatable bonds is 5. The van der Waals surface area contributed by atoms with Crippen LogP contribution in [0.3, 0.4) is 0 Å². The fourth-order valence-corrected chi connectivity index (χ4v) is 2.87. The van der Waals surface area contributed by atoms with Crippen molar-refractivity contribution in [1.82, 2.24) is 4.90 Å². The van der Waals surface area contributed by atoms with Crippen molar-refractivity contribution in [2.24, 2.45) is 5.92 Å². The van der Waals surface area contributed by atoms with Gasteiger partial charge in [-0.05, 0) is 55.9 Å². The zero-order valence-electron chi connectivity index (χ0n) is 12.5. The number of nitrogens with zero attached hydrogens (tertiary/aromatic N) is 1. The van der Waals surface area contributed by atoms with Gasteiger partial charge in [-0.15, -0.1) is 0 Å². The van der Waals surface area contributed by atoms with E-state index in [0.717, 1.165) is 38.8 Å². The molecule has 1 aliphatic heterocycles. The van der Waals surface area contributed by atoms with Crippen LogP contribution in [0.15, 0.2) is 24.3 Å². The molecule has 1 saturated heterocycles. The molecular weight excluding hydrogens is 269 g/mol. The molecule has 4 heteroatoms. The maximum absolute atomic E-state index is 12.8. The minimum Gasteiger partial charge on any atom is -0.343 e. The van der Waals surface area contributed by atoms with Gasteiger partial charge in [0.25, 0.3) is 0 Å². The van der Waals surface area contributed by atoms with Gasteiger partial charge in [-0.2, -0.15) is 0 Å². The van der Waals surface area contributed by atoms with E-state index in [9.17, 15) is 14.0 Å². The number of piperidine rings is 1. The number of hydrogen-bond donors (Lipinski definition) is 0. The Morgan fingerprint density at radius 2 is 1.81 bits per heavy atom. The van der Waals surface area contributed by atoms with E-state index in [1.54, 1.807) is 19.1 Å². The number of halogens is 1. The van der Waals surface area contributed by atoms with E-state index in [4.69, 9.17) is 0 Å². The van der Waals surface area contributed by atoms with Crippen LogP contribution in [0.5, 0.6) is 0 Å².